The zero-order valence-corrected chi connectivity index (χ0v) is 11.3. The van der Waals surface area contributed by atoms with Gasteiger partial charge in [0.1, 0.15) is 0 Å². The number of sulfonamides is 1. The molecule has 0 aromatic heterocycles. The van der Waals surface area contributed by atoms with Gasteiger partial charge in [0.25, 0.3) is 0 Å². The number of carbonyl (C=O) groups is 1. The van der Waals surface area contributed by atoms with Gasteiger partial charge in [-0.3, -0.25) is 4.79 Å². The summed E-state index contributed by atoms with van der Waals surface area (Å²) in [6.07, 6.45) is -0.288. The van der Waals surface area contributed by atoms with Crippen LogP contribution in [0, 0.1) is 0 Å². The van der Waals surface area contributed by atoms with Crippen LogP contribution in [0.3, 0.4) is 0 Å². The first-order valence-electron chi connectivity index (χ1n) is 5.99. The van der Waals surface area contributed by atoms with E-state index in [4.69, 9.17) is 4.74 Å². The van der Waals surface area contributed by atoms with Crippen LogP contribution in [-0.4, -0.2) is 59.1 Å². The summed E-state index contributed by atoms with van der Waals surface area (Å²) < 4.78 is 35.6. The van der Waals surface area contributed by atoms with Crippen molar-refractivity contribution in [2.75, 3.05) is 38.6 Å². The number of esters is 1. The number of hydrogen-bond acceptors (Lipinski definition) is 6. The monoisotopic (exact) mass is 280 g/mol. The molecule has 0 bridgehead atoms. The topological polar surface area (TPSA) is 93.7 Å². The van der Waals surface area contributed by atoms with Crippen molar-refractivity contribution >= 4 is 16.0 Å². The fourth-order valence-corrected chi connectivity index (χ4v) is 2.51. The van der Waals surface area contributed by atoms with Gasteiger partial charge in [0.2, 0.25) is 10.0 Å². The van der Waals surface area contributed by atoms with E-state index < -0.39 is 16.0 Å². The molecular formula is C10H20N2O5S. The summed E-state index contributed by atoms with van der Waals surface area (Å²) in [7, 11) is -3.45. The van der Waals surface area contributed by atoms with Crippen molar-refractivity contribution in [2.24, 2.45) is 0 Å². The molecule has 7 nitrogen and oxygen atoms in total. The SMILES string of the molecule is CCOC(=O)CCS(=O)(=O)NCC1CNCCO1. The van der Waals surface area contributed by atoms with Gasteiger partial charge in [-0.25, -0.2) is 13.1 Å². The summed E-state index contributed by atoms with van der Waals surface area (Å²) in [6, 6.07) is 0. The van der Waals surface area contributed by atoms with Gasteiger partial charge < -0.3 is 14.8 Å². The Hall–Kier alpha value is -0.700. The Morgan fingerprint density at radius 2 is 2.33 bits per heavy atom. The molecule has 0 aliphatic carbocycles. The van der Waals surface area contributed by atoms with Gasteiger partial charge in [0, 0.05) is 19.6 Å². The van der Waals surface area contributed by atoms with Gasteiger partial charge in [-0.2, -0.15) is 0 Å². The Morgan fingerprint density at radius 3 is 2.94 bits per heavy atom. The van der Waals surface area contributed by atoms with Crippen molar-refractivity contribution in [3.05, 3.63) is 0 Å². The maximum Gasteiger partial charge on any atom is 0.306 e. The zero-order valence-electron chi connectivity index (χ0n) is 10.5. The Kier molecular flexibility index (Phi) is 6.55. The third-order valence-electron chi connectivity index (χ3n) is 2.42. The van der Waals surface area contributed by atoms with Gasteiger partial charge in [-0.05, 0) is 6.92 Å². The minimum Gasteiger partial charge on any atom is -0.466 e. The van der Waals surface area contributed by atoms with Gasteiger partial charge in [-0.15, -0.1) is 0 Å². The van der Waals surface area contributed by atoms with Crippen molar-refractivity contribution < 1.29 is 22.7 Å². The lowest BCUT2D eigenvalue weighted by Crippen LogP contribution is -2.45. The van der Waals surface area contributed by atoms with E-state index in [1.54, 1.807) is 6.92 Å². The second-order valence-electron chi connectivity index (χ2n) is 3.92. The molecule has 1 unspecified atom stereocenters. The van der Waals surface area contributed by atoms with Crippen LogP contribution in [0.5, 0.6) is 0 Å². The van der Waals surface area contributed by atoms with E-state index in [0.717, 1.165) is 6.54 Å². The molecule has 8 heteroatoms. The van der Waals surface area contributed by atoms with Gasteiger partial charge in [0.05, 0.1) is 31.5 Å². The van der Waals surface area contributed by atoms with E-state index in [1.807, 2.05) is 0 Å². The Bertz CT molecular complexity index is 351. The quantitative estimate of drug-likeness (QED) is 0.572. The highest BCUT2D eigenvalue weighted by atomic mass is 32.2. The normalized spacial score (nSPS) is 20.6. The maximum atomic E-state index is 11.6. The first kappa shape index (κ1) is 15.4. The minimum atomic E-state index is -3.45. The number of nitrogens with one attached hydrogen (secondary N) is 2. The number of rotatable bonds is 7. The van der Waals surface area contributed by atoms with Gasteiger partial charge in [0.15, 0.2) is 0 Å². The average Bonchev–Trinajstić information content (AvgIpc) is 2.36. The van der Waals surface area contributed by atoms with Crippen molar-refractivity contribution in [1.29, 1.82) is 0 Å². The minimum absolute atomic E-state index is 0.132. The molecular weight excluding hydrogens is 260 g/mol. The fraction of sp³-hybridized carbons (Fsp3) is 0.900. The lowest BCUT2D eigenvalue weighted by molar-refractivity contribution is -0.142. The molecule has 0 spiro atoms. The van der Waals surface area contributed by atoms with Crippen molar-refractivity contribution in [2.45, 2.75) is 19.4 Å². The Labute approximate surface area is 107 Å². The Balaban J connectivity index is 2.24. The maximum absolute atomic E-state index is 11.6. The fourth-order valence-electron chi connectivity index (χ4n) is 1.49. The van der Waals surface area contributed by atoms with Gasteiger partial charge >= 0.3 is 5.97 Å². The van der Waals surface area contributed by atoms with Gasteiger partial charge in [-0.1, -0.05) is 0 Å². The highest BCUT2D eigenvalue weighted by Gasteiger charge is 2.18. The summed E-state index contributed by atoms with van der Waals surface area (Å²) >= 11 is 0. The molecule has 1 aliphatic rings. The van der Waals surface area contributed by atoms with Crippen molar-refractivity contribution in [1.82, 2.24) is 10.0 Å². The van der Waals surface area contributed by atoms with Crippen LogP contribution < -0.4 is 10.0 Å². The first-order valence-corrected chi connectivity index (χ1v) is 7.64. The molecule has 2 N–H and O–H groups in total. The molecule has 1 atom stereocenters. The van der Waals surface area contributed by atoms with Crippen LogP contribution in [0.25, 0.3) is 0 Å². The molecule has 0 aromatic rings. The molecule has 0 aromatic carbocycles. The molecule has 1 aliphatic heterocycles. The summed E-state index contributed by atoms with van der Waals surface area (Å²) in [5.41, 5.74) is 0. The number of ether oxygens (including phenoxy) is 2. The molecule has 18 heavy (non-hydrogen) atoms. The predicted molar refractivity (Wildman–Crippen MR) is 65.6 cm³/mol. The van der Waals surface area contributed by atoms with E-state index in [-0.39, 0.29) is 31.4 Å². The second-order valence-corrected chi connectivity index (χ2v) is 5.85. The Morgan fingerprint density at radius 1 is 1.56 bits per heavy atom. The standard InChI is InChI=1S/C10H20N2O5S/c1-2-16-10(13)3-6-18(14,15)12-8-9-7-11-4-5-17-9/h9,11-12H,2-8H2,1H3. The molecule has 0 amide bonds. The number of morpholine rings is 1. The summed E-state index contributed by atoms with van der Waals surface area (Å²) in [5, 5.41) is 3.10. The summed E-state index contributed by atoms with van der Waals surface area (Å²) in [5.74, 6) is -0.759. The summed E-state index contributed by atoms with van der Waals surface area (Å²) in [6.45, 7) is 4.14. The highest BCUT2D eigenvalue weighted by molar-refractivity contribution is 7.89. The van der Waals surface area contributed by atoms with Crippen LogP contribution in [0.15, 0.2) is 0 Å². The first-order chi connectivity index (χ1) is 8.53. The van der Waals surface area contributed by atoms with E-state index in [1.165, 1.54) is 0 Å². The second kappa shape index (κ2) is 7.67. The molecule has 106 valence electrons. The molecule has 0 radical (unpaired) electrons. The van der Waals surface area contributed by atoms with E-state index >= 15 is 0 Å². The number of hydrogen-bond donors (Lipinski definition) is 2. The molecule has 1 fully saturated rings. The molecule has 1 rings (SSSR count). The van der Waals surface area contributed by atoms with E-state index in [9.17, 15) is 13.2 Å². The van der Waals surface area contributed by atoms with E-state index in [0.29, 0.717) is 13.2 Å². The average molecular weight is 280 g/mol. The third-order valence-corrected chi connectivity index (χ3v) is 3.76. The summed E-state index contributed by atoms with van der Waals surface area (Å²) in [4.78, 5) is 11.0. The lowest BCUT2D eigenvalue weighted by atomic mass is 10.3. The smallest absolute Gasteiger partial charge is 0.306 e. The number of carbonyl (C=O) groups excluding carboxylic acids is 1. The predicted octanol–water partition coefficient (Wildman–Crippen LogP) is -1.15. The van der Waals surface area contributed by atoms with Crippen LogP contribution in [0.2, 0.25) is 0 Å². The molecule has 1 saturated heterocycles. The van der Waals surface area contributed by atoms with Crippen LogP contribution in [0.4, 0.5) is 0 Å². The molecule has 0 saturated carbocycles. The largest absolute Gasteiger partial charge is 0.466 e. The van der Waals surface area contributed by atoms with Crippen LogP contribution >= 0.6 is 0 Å². The van der Waals surface area contributed by atoms with Crippen molar-refractivity contribution in [3.63, 3.8) is 0 Å². The third kappa shape index (κ3) is 6.29. The zero-order chi connectivity index (χ0) is 13.4. The lowest BCUT2D eigenvalue weighted by Gasteiger charge is -2.23. The van der Waals surface area contributed by atoms with E-state index in [2.05, 4.69) is 14.8 Å². The molecule has 1 heterocycles. The van der Waals surface area contributed by atoms with Crippen molar-refractivity contribution in [3.8, 4) is 0 Å². The highest BCUT2D eigenvalue weighted by Crippen LogP contribution is 1.97. The van der Waals surface area contributed by atoms with Crippen LogP contribution in [-0.2, 0) is 24.3 Å². The van der Waals surface area contributed by atoms with Crippen LogP contribution in [0.1, 0.15) is 13.3 Å².